The molecule has 2 aromatic rings. The van der Waals surface area contributed by atoms with E-state index in [9.17, 15) is 4.79 Å². The largest absolute Gasteiger partial charge is 0.348 e. The Morgan fingerprint density at radius 2 is 1.90 bits per heavy atom. The Morgan fingerprint density at radius 3 is 2.60 bits per heavy atom. The number of alkyl halides is 1. The Kier molecular flexibility index (Phi) is 5.05. The van der Waals surface area contributed by atoms with E-state index in [1.165, 1.54) is 0 Å². The molecule has 0 aliphatic rings. The minimum Gasteiger partial charge on any atom is -0.348 e. The molecule has 2 rings (SSSR count). The van der Waals surface area contributed by atoms with E-state index in [4.69, 9.17) is 23.2 Å². The number of carbonyl (C=O) groups is 1. The first-order chi connectivity index (χ1) is 9.60. The number of amides is 1. The summed E-state index contributed by atoms with van der Waals surface area (Å²) in [6.45, 7) is 2.36. The summed E-state index contributed by atoms with van der Waals surface area (Å²) in [7, 11) is 0. The maximum absolute atomic E-state index is 12.1. The first-order valence-electron chi connectivity index (χ1n) is 6.28. The molecule has 0 aliphatic carbocycles. The highest BCUT2D eigenvalue weighted by Crippen LogP contribution is 2.16. The van der Waals surface area contributed by atoms with Crippen molar-refractivity contribution in [2.24, 2.45) is 0 Å². The van der Waals surface area contributed by atoms with Crippen LogP contribution in [0, 0.1) is 6.92 Å². The van der Waals surface area contributed by atoms with E-state index in [1.54, 1.807) is 18.2 Å². The van der Waals surface area contributed by atoms with Gasteiger partial charge in [0.05, 0.1) is 0 Å². The predicted molar refractivity (Wildman–Crippen MR) is 83.4 cm³/mol. The van der Waals surface area contributed by atoms with Gasteiger partial charge in [0.25, 0.3) is 5.91 Å². The molecule has 0 bridgehead atoms. The van der Waals surface area contributed by atoms with Crippen molar-refractivity contribution < 1.29 is 4.79 Å². The van der Waals surface area contributed by atoms with Crippen molar-refractivity contribution in [3.63, 3.8) is 0 Å². The van der Waals surface area contributed by atoms with Crippen LogP contribution in [-0.2, 0) is 12.4 Å². The molecule has 0 saturated carbocycles. The van der Waals surface area contributed by atoms with Gasteiger partial charge in [0, 0.05) is 23.0 Å². The molecule has 0 radical (unpaired) electrons. The number of benzene rings is 2. The van der Waals surface area contributed by atoms with E-state index in [1.807, 2.05) is 31.2 Å². The molecule has 2 nitrogen and oxygen atoms in total. The highest BCUT2D eigenvalue weighted by atomic mass is 35.5. The maximum atomic E-state index is 12.1. The summed E-state index contributed by atoms with van der Waals surface area (Å²) in [4.78, 5) is 12.1. The summed E-state index contributed by atoms with van der Waals surface area (Å²) in [5.74, 6) is 0.360. The van der Waals surface area contributed by atoms with Crippen LogP contribution in [0.15, 0.2) is 42.5 Å². The Labute approximate surface area is 128 Å². The van der Waals surface area contributed by atoms with Gasteiger partial charge in [-0.2, -0.15) is 0 Å². The average Bonchev–Trinajstić information content (AvgIpc) is 2.47. The van der Waals surface area contributed by atoms with Crippen LogP contribution in [0.4, 0.5) is 0 Å². The van der Waals surface area contributed by atoms with Crippen LogP contribution in [-0.4, -0.2) is 5.91 Å². The molecule has 2 aromatic carbocycles. The van der Waals surface area contributed by atoms with Gasteiger partial charge >= 0.3 is 0 Å². The molecule has 0 spiro atoms. The fourth-order valence-corrected chi connectivity index (χ4v) is 2.18. The fourth-order valence-electron chi connectivity index (χ4n) is 1.89. The molecule has 20 heavy (non-hydrogen) atoms. The Hall–Kier alpha value is -1.51. The standard InChI is InChI=1S/C16H15Cl2NO/c1-11-7-14(5-6-15(11)18)16(20)19-10-13-4-2-3-12(8-13)9-17/h2-8H,9-10H2,1H3,(H,19,20). The molecule has 4 heteroatoms. The molecule has 0 aromatic heterocycles. The number of hydrogen-bond donors (Lipinski definition) is 1. The van der Waals surface area contributed by atoms with E-state index in [-0.39, 0.29) is 5.91 Å². The molecule has 0 heterocycles. The third-order valence-electron chi connectivity index (χ3n) is 3.02. The second-order valence-electron chi connectivity index (χ2n) is 4.60. The third-order valence-corrected chi connectivity index (χ3v) is 3.75. The minimum absolute atomic E-state index is 0.110. The quantitative estimate of drug-likeness (QED) is 0.838. The average molecular weight is 308 g/mol. The summed E-state index contributed by atoms with van der Waals surface area (Å²) in [5, 5.41) is 3.55. The van der Waals surface area contributed by atoms with E-state index >= 15 is 0 Å². The van der Waals surface area contributed by atoms with Crippen molar-refractivity contribution in [1.82, 2.24) is 5.32 Å². The zero-order chi connectivity index (χ0) is 14.5. The summed E-state index contributed by atoms with van der Waals surface area (Å²) in [6.07, 6.45) is 0. The first-order valence-corrected chi connectivity index (χ1v) is 7.19. The highest BCUT2D eigenvalue weighted by molar-refractivity contribution is 6.31. The summed E-state index contributed by atoms with van der Waals surface area (Å²) >= 11 is 11.7. The van der Waals surface area contributed by atoms with Gasteiger partial charge in [0.15, 0.2) is 0 Å². The number of hydrogen-bond acceptors (Lipinski definition) is 1. The van der Waals surface area contributed by atoms with Gasteiger partial charge in [-0.25, -0.2) is 0 Å². The number of aryl methyl sites for hydroxylation is 1. The van der Waals surface area contributed by atoms with Crippen molar-refractivity contribution in [3.05, 3.63) is 69.7 Å². The zero-order valence-corrected chi connectivity index (χ0v) is 12.6. The lowest BCUT2D eigenvalue weighted by Gasteiger charge is -2.07. The molecular weight excluding hydrogens is 293 g/mol. The Bertz CT molecular complexity index is 626. The molecule has 1 amide bonds. The van der Waals surface area contributed by atoms with E-state index < -0.39 is 0 Å². The summed E-state index contributed by atoms with van der Waals surface area (Å²) in [5.41, 5.74) is 3.58. The third kappa shape index (κ3) is 3.75. The fraction of sp³-hybridized carbons (Fsp3) is 0.188. The van der Waals surface area contributed by atoms with Crippen LogP contribution in [0.1, 0.15) is 27.0 Å². The van der Waals surface area contributed by atoms with Crippen molar-refractivity contribution in [2.45, 2.75) is 19.3 Å². The van der Waals surface area contributed by atoms with Crippen LogP contribution >= 0.6 is 23.2 Å². The zero-order valence-electron chi connectivity index (χ0n) is 11.1. The van der Waals surface area contributed by atoms with Gasteiger partial charge in [0.2, 0.25) is 0 Å². The normalized spacial score (nSPS) is 10.3. The van der Waals surface area contributed by atoms with E-state index in [0.29, 0.717) is 23.0 Å². The van der Waals surface area contributed by atoms with Gasteiger partial charge in [-0.15, -0.1) is 11.6 Å². The topological polar surface area (TPSA) is 29.1 Å². The highest BCUT2D eigenvalue weighted by Gasteiger charge is 2.07. The Balaban J connectivity index is 2.02. The van der Waals surface area contributed by atoms with Gasteiger partial charge in [-0.05, 0) is 41.8 Å². The SMILES string of the molecule is Cc1cc(C(=O)NCc2cccc(CCl)c2)ccc1Cl. The number of nitrogens with one attached hydrogen (secondary N) is 1. The first kappa shape index (κ1) is 14.9. The summed E-state index contributed by atoms with van der Waals surface area (Å²) in [6, 6.07) is 13.1. The molecule has 0 aliphatic heterocycles. The predicted octanol–water partition coefficient (Wildman–Crippen LogP) is 4.32. The van der Waals surface area contributed by atoms with Crippen molar-refractivity contribution in [3.8, 4) is 0 Å². The molecule has 1 N–H and O–H groups in total. The second-order valence-corrected chi connectivity index (χ2v) is 5.27. The maximum Gasteiger partial charge on any atom is 0.251 e. The van der Waals surface area contributed by atoms with Crippen LogP contribution in [0.25, 0.3) is 0 Å². The van der Waals surface area contributed by atoms with Gasteiger partial charge in [-0.1, -0.05) is 35.9 Å². The van der Waals surface area contributed by atoms with Crippen LogP contribution in [0.5, 0.6) is 0 Å². The van der Waals surface area contributed by atoms with E-state index in [2.05, 4.69) is 5.32 Å². The smallest absolute Gasteiger partial charge is 0.251 e. The molecule has 0 fully saturated rings. The van der Waals surface area contributed by atoms with Crippen LogP contribution in [0.2, 0.25) is 5.02 Å². The monoisotopic (exact) mass is 307 g/mol. The molecule has 0 unspecified atom stereocenters. The van der Waals surface area contributed by atoms with Gasteiger partial charge < -0.3 is 5.32 Å². The molecule has 104 valence electrons. The van der Waals surface area contributed by atoms with Gasteiger partial charge in [0.1, 0.15) is 0 Å². The molecule has 0 atom stereocenters. The van der Waals surface area contributed by atoms with Crippen molar-refractivity contribution in [1.29, 1.82) is 0 Å². The van der Waals surface area contributed by atoms with Crippen molar-refractivity contribution >= 4 is 29.1 Å². The lowest BCUT2D eigenvalue weighted by molar-refractivity contribution is 0.0951. The second kappa shape index (κ2) is 6.78. The lowest BCUT2D eigenvalue weighted by Crippen LogP contribution is -2.22. The molecule has 0 saturated heterocycles. The van der Waals surface area contributed by atoms with Crippen molar-refractivity contribution in [2.75, 3.05) is 0 Å². The van der Waals surface area contributed by atoms with E-state index in [0.717, 1.165) is 16.7 Å². The Morgan fingerprint density at radius 1 is 1.15 bits per heavy atom. The van der Waals surface area contributed by atoms with Crippen LogP contribution < -0.4 is 5.32 Å². The number of carbonyl (C=O) groups excluding carboxylic acids is 1. The molecular formula is C16H15Cl2NO. The summed E-state index contributed by atoms with van der Waals surface area (Å²) < 4.78 is 0. The van der Waals surface area contributed by atoms with Crippen LogP contribution in [0.3, 0.4) is 0 Å². The minimum atomic E-state index is -0.110. The number of halogens is 2. The lowest BCUT2D eigenvalue weighted by atomic mass is 10.1. The van der Waals surface area contributed by atoms with Gasteiger partial charge in [-0.3, -0.25) is 4.79 Å². The number of rotatable bonds is 4.